The third-order valence-corrected chi connectivity index (χ3v) is 4.83. The standard InChI is InChI=1S/C21H23NO4/c1-4-5-10-26-21(24)20-13(2)19-17(22-20)11-15(12-18(19)23)14-6-8-16(25-3)9-7-14/h4-9,15,22H,10-12H2,1-3H3. The number of hydrogen-bond acceptors (Lipinski definition) is 4. The van der Waals surface area contributed by atoms with Crippen LogP contribution in [0.2, 0.25) is 0 Å². The van der Waals surface area contributed by atoms with Crippen LogP contribution >= 0.6 is 0 Å². The van der Waals surface area contributed by atoms with Gasteiger partial charge < -0.3 is 14.5 Å². The van der Waals surface area contributed by atoms with Gasteiger partial charge in [0.25, 0.3) is 0 Å². The van der Waals surface area contributed by atoms with Gasteiger partial charge in [0.2, 0.25) is 0 Å². The minimum Gasteiger partial charge on any atom is -0.497 e. The van der Waals surface area contributed by atoms with Gasteiger partial charge >= 0.3 is 5.97 Å². The Hall–Kier alpha value is -2.82. The van der Waals surface area contributed by atoms with Gasteiger partial charge in [-0.1, -0.05) is 24.3 Å². The second-order valence-corrected chi connectivity index (χ2v) is 6.45. The Labute approximate surface area is 153 Å². The highest BCUT2D eigenvalue weighted by molar-refractivity contribution is 6.03. The highest BCUT2D eigenvalue weighted by atomic mass is 16.5. The summed E-state index contributed by atoms with van der Waals surface area (Å²) in [5, 5.41) is 0. The first kappa shape index (κ1) is 18.0. The number of aromatic amines is 1. The van der Waals surface area contributed by atoms with Crippen LogP contribution in [0.1, 0.15) is 56.9 Å². The summed E-state index contributed by atoms with van der Waals surface area (Å²) in [6, 6.07) is 7.78. The molecule has 136 valence electrons. The fourth-order valence-electron chi connectivity index (χ4n) is 3.44. The number of methoxy groups -OCH3 is 1. The van der Waals surface area contributed by atoms with Crippen LogP contribution < -0.4 is 4.74 Å². The van der Waals surface area contributed by atoms with Crippen molar-refractivity contribution in [2.75, 3.05) is 13.7 Å². The molecule has 1 unspecified atom stereocenters. The van der Waals surface area contributed by atoms with E-state index in [4.69, 9.17) is 9.47 Å². The second-order valence-electron chi connectivity index (χ2n) is 6.45. The lowest BCUT2D eigenvalue weighted by Crippen LogP contribution is -2.18. The molecule has 0 fully saturated rings. The number of fused-ring (bicyclic) bond motifs is 1. The highest BCUT2D eigenvalue weighted by Gasteiger charge is 2.32. The number of carbonyl (C=O) groups excluding carboxylic acids is 2. The van der Waals surface area contributed by atoms with Crippen LogP contribution in [0.4, 0.5) is 0 Å². The summed E-state index contributed by atoms with van der Waals surface area (Å²) in [5.41, 5.74) is 3.62. The van der Waals surface area contributed by atoms with Crippen molar-refractivity contribution in [1.82, 2.24) is 4.98 Å². The zero-order valence-electron chi connectivity index (χ0n) is 15.3. The number of hydrogen-bond donors (Lipinski definition) is 1. The number of ether oxygens (including phenoxy) is 2. The van der Waals surface area contributed by atoms with Gasteiger partial charge in [0.15, 0.2) is 5.78 Å². The van der Waals surface area contributed by atoms with Gasteiger partial charge in [0.1, 0.15) is 18.1 Å². The molecule has 1 heterocycles. The topological polar surface area (TPSA) is 68.4 Å². The molecule has 1 aromatic heterocycles. The highest BCUT2D eigenvalue weighted by Crippen LogP contribution is 2.35. The number of H-pyrrole nitrogens is 1. The average molecular weight is 353 g/mol. The third kappa shape index (κ3) is 3.43. The molecule has 1 aromatic carbocycles. The van der Waals surface area contributed by atoms with Crippen LogP contribution in [-0.2, 0) is 11.2 Å². The third-order valence-electron chi connectivity index (χ3n) is 4.83. The number of carbonyl (C=O) groups is 2. The minimum atomic E-state index is -0.427. The number of benzene rings is 1. The number of rotatable bonds is 5. The number of ketones is 1. The Balaban J connectivity index is 1.84. The molecule has 5 nitrogen and oxygen atoms in total. The summed E-state index contributed by atoms with van der Waals surface area (Å²) in [7, 11) is 1.63. The Morgan fingerprint density at radius 3 is 2.65 bits per heavy atom. The van der Waals surface area contributed by atoms with E-state index in [0.29, 0.717) is 29.7 Å². The van der Waals surface area contributed by atoms with Crippen LogP contribution in [0, 0.1) is 6.92 Å². The predicted molar refractivity (Wildman–Crippen MR) is 99.0 cm³/mol. The van der Waals surface area contributed by atoms with Crippen LogP contribution in [-0.4, -0.2) is 30.5 Å². The number of nitrogens with one attached hydrogen (secondary N) is 1. The molecule has 1 aliphatic carbocycles. The lowest BCUT2D eigenvalue weighted by Gasteiger charge is -2.22. The summed E-state index contributed by atoms with van der Waals surface area (Å²) in [6.07, 6.45) is 4.71. The van der Waals surface area contributed by atoms with E-state index in [1.807, 2.05) is 37.3 Å². The van der Waals surface area contributed by atoms with E-state index in [2.05, 4.69) is 4.98 Å². The van der Waals surface area contributed by atoms with Crippen molar-refractivity contribution in [3.8, 4) is 5.75 Å². The molecule has 0 spiro atoms. The monoisotopic (exact) mass is 353 g/mol. The number of aromatic nitrogens is 1. The van der Waals surface area contributed by atoms with Crippen molar-refractivity contribution < 1.29 is 19.1 Å². The summed E-state index contributed by atoms with van der Waals surface area (Å²) in [4.78, 5) is 28.1. The van der Waals surface area contributed by atoms with E-state index in [1.54, 1.807) is 20.1 Å². The van der Waals surface area contributed by atoms with Crippen molar-refractivity contribution in [3.05, 3.63) is 64.5 Å². The van der Waals surface area contributed by atoms with E-state index in [0.717, 1.165) is 17.0 Å². The normalized spacial score (nSPS) is 16.6. The van der Waals surface area contributed by atoms with Gasteiger partial charge in [0, 0.05) is 17.7 Å². The zero-order valence-corrected chi connectivity index (χ0v) is 15.3. The molecule has 0 radical (unpaired) electrons. The first-order valence-corrected chi connectivity index (χ1v) is 8.72. The molecule has 1 atom stereocenters. The Bertz CT molecular complexity index is 846. The van der Waals surface area contributed by atoms with Crippen molar-refractivity contribution in [1.29, 1.82) is 0 Å². The summed E-state index contributed by atoms with van der Waals surface area (Å²) >= 11 is 0. The number of Topliss-reactive ketones (excluding diaryl/α,β-unsaturated/α-hetero) is 1. The second kappa shape index (κ2) is 7.60. The van der Waals surface area contributed by atoms with Crippen molar-refractivity contribution >= 4 is 11.8 Å². The lowest BCUT2D eigenvalue weighted by molar-refractivity contribution is 0.0542. The fourth-order valence-corrected chi connectivity index (χ4v) is 3.44. The van der Waals surface area contributed by atoms with E-state index >= 15 is 0 Å². The van der Waals surface area contributed by atoms with Crippen LogP contribution in [0.5, 0.6) is 5.75 Å². The Morgan fingerprint density at radius 1 is 1.27 bits per heavy atom. The Morgan fingerprint density at radius 2 is 2.00 bits per heavy atom. The summed E-state index contributed by atoms with van der Waals surface area (Å²) in [5.74, 6) is 0.515. The van der Waals surface area contributed by atoms with E-state index in [-0.39, 0.29) is 18.3 Å². The molecule has 26 heavy (non-hydrogen) atoms. The maximum atomic E-state index is 12.7. The van der Waals surface area contributed by atoms with E-state index < -0.39 is 5.97 Å². The fraction of sp³-hybridized carbons (Fsp3) is 0.333. The van der Waals surface area contributed by atoms with Crippen molar-refractivity contribution in [2.45, 2.75) is 32.6 Å². The minimum absolute atomic E-state index is 0.0633. The molecule has 0 aliphatic heterocycles. The maximum Gasteiger partial charge on any atom is 0.355 e. The van der Waals surface area contributed by atoms with Gasteiger partial charge in [-0.15, -0.1) is 0 Å². The molecular weight excluding hydrogens is 330 g/mol. The van der Waals surface area contributed by atoms with Gasteiger partial charge in [-0.25, -0.2) is 4.79 Å². The molecule has 3 rings (SSSR count). The van der Waals surface area contributed by atoms with Gasteiger partial charge in [-0.2, -0.15) is 0 Å². The molecule has 0 saturated carbocycles. The first-order chi connectivity index (χ1) is 12.5. The zero-order chi connectivity index (χ0) is 18.7. The van der Waals surface area contributed by atoms with E-state index in [1.165, 1.54) is 0 Å². The average Bonchev–Trinajstić information content (AvgIpc) is 2.99. The maximum absolute atomic E-state index is 12.7. The smallest absolute Gasteiger partial charge is 0.355 e. The molecular formula is C21H23NO4. The quantitative estimate of drug-likeness (QED) is 0.652. The SMILES string of the molecule is CC=CCOC(=O)c1[nH]c2c(c1C)C(=O)CC(c1ccc(OC)cc1)C2. The van der Waals surface area contributed by atoms with Crippen molar-refractivity contribution in [2.24, 2.45) is 0 Å². The first-order valence-electron chi connectivity index (χ1n) is 8.72. The molecule has 1 N–H and O–H groups in total. The largest absolute Gasteiger partial charge is 0.497 e. The van der Waals surface area contributed by atoms with Gasteiger partial charge in [-0.05, 0) is 49.4 Å². The molecule has 5 heteroatoms. The predicted octanol–water partition coefficient (Wildman–Crippen LogP) is 3.98. The van der Waals surface area contributed by atoms with Crippen LogP contribution in [0.15, 0.2) is 36.4 Å². The van der Waals surface area contributed by atoms with Gasteiger partial charge in [-0.3, -0.25) is 4.79 Å². The number of allylic oxidation sites excluding steroid dienone is 1. The summed E-state index contributed by atoms with van der Waals surface area (Å²) in [6.45, 7) is 3.89. The Kier molecular flexibility index (Phi) is 5.26. The molecule has 1 aliphatic rings. The van der Waals surface area contributed by atoms with E-state index in [9.17, 15) is 9.59 Å². The molecule has 2 aromatic rings. The number of esters is 1. The van der Waals surface area contributed by atoms with Crippen LogP contribution in [0.25, 0.3) is 0 Å². The summed E-state index contributed by atoms with van der Waals surface area (Å²) < 4.78 is 10.4. The molecule has 0 amide bonds. The lowest BCUT2D eigenvalue weighted by atomic mass is 9.81. The van der Waals surface area contributed by atoms with Crippen LogP contribution in [0.3, 0.4) is 0 Å². The molecule has 0 saturated heterocycles. The van der Waals surface area contributed by atoms with Crippen molar-refractivity contribution in [3.63, 3.8) is 0 Å². The van der Waals surface area contributed by atoms with Gasteiger partial charge in [0.05, 0.1) is 7.11 Å². The molecule has 0 bridgehead atoms.